The number of benzene rings is 2. The number of nitrogens with one attached hydrogen (secondary N) is 3. The van der Waals surface area contributed by atoms with Gasteiger partial charge in [0.1, 0.15) is 0 Å². The van der Waals surface area contributed by atoms with Crippen molar-refractivity contribution < 1.29 is 9.59 Å². The van der Waals surface area contributed by atoms with Crippen LogP contribution in [0.5, 0.6) is 0 Å². The van der Waals surface area contributed by atoms with Gasteiger partial charge in [0.25, 0.3) is 0 Å². The molecule has 0 spiro atoms. The number of hydrogen-bond acceptors (Lipinski definition) is 4. The molecular weight excluding hydrogens is 396 g/mol. The molecular formula is C23H22N4O2S. The van der Waals surface area contributed by atoms with Crippen LogP contribution in [0.1, 0.15) is 18.1 Å². The summed E-state index contributed by atoms with van der Waals surface area (Å²) in [5.41, 5.74) is 4.96. The molecule has 0 unspecified atom stereocenters. The maximum absolute atomic E-state index is 12.5. The number of aromatic amines is 1. The maximum Gasteiger partial charge on any atom is 0.230 e. The number of aromatic nitrogens is 2. The molecule has 4 aromatic rings. The Bertz CT molecular complexity index is 1180. The topological polar surface area (TPSA) is 86.9 Å². The van der Waals surface area contributed by atoms with Crippen molar-refractivity contribution in [3.63, 3.8) is 0 Å². The van der Waals surface area contributed by atoms with E-state index in [9.17, 15) is 9.59 Å². The lowest BCUT2D eigenvalue weighted by Gasteiger charge is -2.04. The fraction of sp³-hybridized carbons (Fsp3) is 0.174. The summed E-state index contributed by atoms with van der Waals surface area (Å²) in [6.45, 7) is 2.14. The number of carbonyl (C=O) groups is 2. The number of rotatable bonds is 7. The molecule has 0 saturated carbocycles. The van der Waals surface area contributed by atoms with Crippen molar-refractivity contribution in [1.82, 2.24) is 15.3 Å². The van der Waals surface area contributed by atoms with Crippen molar-refractivity contribution in [3.8, 4) is 11.3 Å². The van der Waals surface area contributed by atoms with Crippen LogP contribution in [0.3, 0.4) is 0 Å². The second-order valence-corrected chi connectivity index (χ2v) is 7.91. The summed E-state index contributed by atoms with van der Waals surface area (Å²) in [5, 5.41) is 9.28. The van der Waals surface area contributed by atoms with E-state index in [1.54, 1.807) is 0 Å². The average molecular weight is 419 g/mol. The zero-order valence-corrected chi connectivity index (χ0v) is 17.4. The van der Waals surface area contributed by atoms with Crippen LogP contribution in [0.25, 0.3) is 22.2 Å². The van der Waals surface area contributed by atoms with Crippen molar-refractivity contribution in [3.05, 3.63) is 71.2 Å². The Morgan fingerprint density at radius 2 is 1.90 bits per heavy atom. The zero-order chi connectivity index (χ0) is 20.9. The molecule has 7 heteroatoms. The van der Waals surface area contributed by atoms with E-state index in [2.05, 4.69) is 20.6 Å². The molecule has 4 rings (SSSR count). The molecule has 0 bridgehead atoms. The Labute approximate surface area is 178 Å². The van der Waals surface area contributed by atoms with Crippen LogP contribution in [-0.4, -0.2) is 28.3 Å². The second kappa shape index (κ2) is 8.92. The number of hydrogen-bond donors (Lipinski definition) is 3. The van der Waals surface area contributed by atoms with Gasteiger partial charge in [-0.3, -0.25) is 9.59 Å². The summed E-state index contributed by atoms with van der Waals surface area (Å²) in [4.78, 5) is 31.2. The van der Waals surface area contributed by atoms with Gasteiger partial charge < -0.3 is 15.6 Å². The quantitative estimate of drug-likeness (QED) is 0.421. The van der Waals surface area contributed by atoms with Gasteiger partial charge in [-0.15, -0.1) is 11.3 Å². The van der Waals surface area contributed by atoms with Crippen LogP contribution in [0.2, 0.25) is 0 Å². The minimum absolute atomic E-state index is 0.0200. The van der Waals surface area contributed by atoms with E-state index in [1.165, 1.54) is 18.3 Å². The molecule has 6 nitrogen and oxygen atoms in total. The van der Waals surface area contributed by atoms with Crippen molar-refractivity contribution in [1.29, 1.82) is 0 Å². The SMILES string of the molecule is CC(=O)NCCc1ccc(-c2csc(NC(=O)Cc3c[nH]c4ccccc34)n2)cc1. The Hall–Kier alpha value is -3.45. The fourth-order valence-corrected chi connectivity index (χ4v) is 4.04. The number of thiazole rings is 1. The first kappa shape index (κ1) is 19.8. The van der Waals surface area contributed by atoms with E-state index in [4.69, 9.17) is 0 Å². The summed E-state index contributed by atoms with van der Waals surface area (Å²) >= 11 is 1.41. The third kappa shape index (κ3) is 4.75. The van der Waals surface area contributed by atoms with Crippen molar-refractivity contribution in [2.75, 3.05) is 11.9 Å². The summed E-state index contributed by atoms with van der Waals surface area (Å²) in [5.74, 6) is -0.109. The molecule has 2 aromatic heterocycles. The lowest BCUT2D eigenvalue weighted by molar-refractivity contribution is -0.119. The molecule has 0 aliphatic heterocycles. The Morgan fingerprint density at radius 3 is 2.70 bits per heavy atom. The van der Waals surface area contributed by atoms with Gasteiger partial charge in [-0.1, -0.05) is 42.5 Å². The summed E-state index contributed by atoms with van der Waals surface area (Å²) in [7, 11) is 0. The third-order valence-electron chi connectivity index (χ3n) is 4.81. The van der Waals surface area contributed by atoms with E-state index in [0.717, 1.165) is 39.7 Å². The first-order valence-corrected chi connectivity index (χ1v) is 10.6. The zero-order valence-electron chi connectivity index (χ0n) is 16.6. The fourth-order valence-electron chi connectivity index (χ4n) is 3.30. The van der Waals surface area contributed by atoms with E-state index in [1.807, 2.05) is 60.1 Å². The van der Waals surface area contributed by atoms with Crippen LogP contribution in [0, 0.1) is 0 Å². The highest BCUT2D eigenvalue weighted by Crippen LogP contribution is 2.26. The van der Waals surface area contributed by atoms with Crippen molar-refractivity contribution in [2.24, 2.45) is 0 Å². The number of fused-ring (bicyclic) bond motifs is 1. The van der Waals surface area contributed by atoms with Crippen molar-refractivity contribution >= 4 is 39.2 Å². The van der Waals surface area contributed by atoms with E-state index >= 15 is 0 Å². The monoisotopic (exact) mass is 418 g/mol. The molecule has 152 valence electrons. The molecule has 0 fully saturated rings. The molecule has 2 amide bonds. The minimum Gasteiger partial charge on any atom is -0.361 e. The third-order valence-corrected chi connectivity index (χ3v) is 5.57. The number of H-pyrrole nitrogens is 1. The average Bonchev–Trinajstić information content (AvgIpc) is 3.36. The standard InChI is InChI=1S/C23H22N4O2S/c1-15(28)24-11-10-16-6-8-17(9-7-16)21-14-30-23(26-21)27-22(29)12-18-13-25-20-5-3-2-4-19(18)20/h2-9,13-14,25H,10-12H2,1H3,(H,24,28)(H,26,27,29). The highest BCUT2D eigenvalue weighted by atomic mass is 32.1. The van der Waals surface area contributed by atoms with Gasteiger partial charge in [0.05, 0.1) is 12.1 Å². The summed E-state index contributed by atoms with van der Waals surface area (Å²) in [6.07, 6.45) is 2.96. The van der Waals surface area contributed by atoms with Gasteiger partial charge in [0.15, 0.2) is 5.13 Å². The highest BCUT2D eigenvalue weighted by Gasteiger charge is 2.11. The smallest absolute Gasteiger partial charge is 0.230 e. The van der Waals surface area contributed by atoms with Crippen LogP contribution in [0.4, 0.5) is 5.13 Å². The van der Waals surface area contributed by atoms with Crippen LogP contribution in [0.15, 0.2) is 60.1 Å². The van der Waals surface area contributed by atoms with E-state index in [-0.39, 0.29) is 11.8 Å². The summed E-state index contributed by atoms with van der Waals surface area (Å²) < 4.78 is 0. The molecule has 2 aromatic carbocycles. The molecule has 0 aliphatic carbocycles. The molecule has 0 atom stereocenters. The van der Waals surface area contributed by atoms with Gasteiger partial charge in [-0.25, -0.2) is 4.98 Å². The van der Waals surface area contributed by atoms with Gasteiger partial charge in [-0.2, -0.15) is 0 Å². The predicted octanol–water partition coefficient (Wildman–Crippen LogP) is 4.15. The van der Waals surface area contributed by atoms with Gasteiger partial charge in [0.2, 0.25) is 11.8 Å². The van der Waals surface area contributed by atoms with Gasteiger partial charge in [-0.05, 0) is 23.6 Å². The number of amides is 2. The Kier molecular flexibility index (Phi) is 5.90. The number of nitrogens with zero attached hydrogens (tertiary/aromatic N) is 1. The normalized spacial score (nSPS) is 10.8. The van der Waals surface area contributed by atoms with Crippen molar-refractivity contribution in [2.45, 2.75) is 19.8 Å². The maximum atomic E-state index is 12.5. The lowest BCUT2D eigenvalue weighted by Crippen LogP contribution is -2.22. The second-order valence-electron chi connectivity index (χ2n) is 7.05. The van der Waals surface area contributed by atoms with E-state index in [0.29, 0.717) is 18.1 Å². The molecule has 0 radical (unpaired) electrons. The minimum atomic E-state index is -0.0889. The molecule has 3 N–H and O–H groups in total. The Morgan fingerprint density at radius 1 is 1.10 bits per heavy atom. The van der Waals surface area contributed by atoms with E-state index < -0.39 is 0 Å². The molecule has 2 heterocycles. The first-order chi connectivity index (χ1) is 14.6. The number of carbonyl (C=O) groups excluding carboxylic acids is 2. The summed E-state index contributed by atoms with van der Waals surface area (Å²) in [6, 6.07) is 16.0. The predicted molar refractivity (Wildman–Crippen MR) is 121 cm³/mol. The largest absolute Gasteiger partial charge is 0.361 e. The van der Waals surface area contributed by atoms with Crippen LogP contribution < -0.4 is 10.6 Å². The molecule has 0 aliphatic rings. The van der Waals surface area contributed by atoms with Crippen LogP contribution >= 0.6 is 11.3 Å². The first-order valence-electron chi connectivity index (χ1n) is 9.72. The van der Waals surface area contributed by atoms with Gasteiger partial charge in [0, 0.05) is 41.5 Å². The highest BCUT2D eigenvalue weighted by molar-refractivity contribution is 7.14. The molecule has 30 heavy (non-hydrogen) atoms. The number of anilines is 1. The number of para-hydroxylation sites is 1. The van der Waals surface area contributed by atoms with Crippen LogP contribution in [-0.2, 0) is 22.4 Å². The van der Waals surface area contributed by atoms with Gasteiger partial charge >= 0.3 is 0 Å². The Balaban J connectivity index is 1.36. The molecule has 0 saturated heterocycles. The lowest BCUT2D eigenvalue weighted by atomic mass is 10.1.